The second kappa shape index (κ2) is 8.38. The number of unbranched alkanes of at least 4 members (excludes halogenated alkanes) is 3. The van der Waals surface area contributed by atoms with E-state index in [1.54, 1.807) is 0 Å². The Kier molecular flexibility index (Phi) is 7.53. The van der Waals surface area contributed by atoms with E-state index in [0.29, 0.717) is 6.10 Å². The third-order valence-corrected chi connectivity index (χ3v) is 4.37. The summed E-state index contributed by atoms with van der Waals surface area (Å²) in [7, 11) is 0. The highest BCUT2D eigenvalue weighted by molar-refractivity contribution is 4.91. The van der Waals surface area contributed by atoms with Crippen LogP contribution in [0.5, 0.6) is 0 Å². The third-order valence-electron chi connectivity index (χ3n) is 4.37. The zero-order valence-electron chi connectivity index (χ0n) is 14.6. The van der Waals surface area contributed by atoms with Crippen molar-refractivity contribution in [2.75, 3.05) is 6.54 Å². The summed E-state index contributed by atoms with van der Waals surface area (Å²) < 4.78 is 6.51. The van der Waals surface area contributed by atoms with Gasteiger partial charge in [0.15, 0.2) is 0 Å². The second-order valence-corrected chi connectivity index (χ2v) is 7.77. The zero-order valence-corrected chi connectivity index (χ0v) is 14.6. The lowest BCUT2D eigenvalue weighted by atomic mass is 9.98. The summed E-state index contributed by atoms with van der Waals surface area (Å²) in [4.78, 5) is 0. The van der Waals surface area contributed by atoms with Gasteiger partial charge in [-0.25, -0.2) is 0 Å². The fourth-order valence-corrected chi connectivity index (χ4v) is 3.13. The lowest BCUT2D eigenvalue weighted by molar-refractivity contribution is -0.0869. The molecule has 1 atom stereocenters. The molecular weight excluding hydrogens is 246 g/mol. The van der Waals surface area contributed by atoms with Crippen molar-refractivity contribution < 1.29 is 4.74 Å². The van der Waals surface area contributed by atoms with Crippen LogP contribution in [0, 0.1) is 0 Å². The van der Waals surface area contributed by atoms with Crippen LogP contribution in [0.25, 0.3) is 0 Å². The first-order chi connectivity index (χ1) is 9.37. The summed E-state index contributed by atoms with van der Waals surface area (Å²) in [5.74, 6) is 0. The van der Waals surface area contributed by atoms with Crippen molar-refractivity contribution in [3.05, 3.63) is 0 Å². The summed E-state index contributed by atoms with van der Waals surface area (Å²) in [6.45, 7) is 12.3. The van der Waals surface area contributed by atoms with E-state index in [1.807, 2.05) is 0 Å². The fraction of sp³-hybridized carbons (Fsp3) is 1.00. The predicted molar refractivity (Wildman–Crippen MR) is 88.3 cm³/mol. The van der Waals surface area contributed by atoms with Gasteiger partial charge in [-0.1, -0.05) is 45.4 Å². The SMILES string of the molecule is CCCCCCC(C)OC1(CNC(C)(C)C)CCCC1. The molecule has 1 N–H and O–H groups in total. The Morgan fingerprint density at radius 2 is 1.75 bits per heavy atom. The molecule has 0 aromatic heterocycles. The lowest BCUT2D eigenvalue weighted by Crippen LogP contribution is -2.49. The molecule has 0 spiro atoms. The molecule has 1 aliphatic carbocycles. The van der Waals surface area contributed by atoms with Gasteiger partial charge in [-0.15, -0.1) is 0 Å². The molecule has 20 heavy (non-hydrogen) atoms. The average Bonchev–Trinajstić information content (AvgIpc) is 2.81. The quantitative estimate of drug-likeness (QED) is 0.597. The minimum Gasteiger partial charge on any atom is -0.371 e. The first-order valence-electron chi connectivity index (χ1n) is 8.80. The Bertz CT molecular complexity index is 251. The van der Waals surface area contributed by atoms with Crippen molar-refractivity contribution in [3.8, 4) is 0 Å². The summed E-state index contributed by atoms with van der Waals surface area (Å²) in [5, 5.41) is 3.66. The topological polar surface area (TPSA) is 21.3 Å². The largest absolute Gasteiger partial charge is 0.371 e. The molecule has 2 heteroatoms. The van der Waals surface area contributed by atoms with Crippen LogP contribution >= 0.6 is 0 Å². The Hall–Kier alpha value is -0.0800. The number of rotatable bonds is 9. The summed E-state index contributed by atoms with van der Waals surface area (Å²) in [5.41, 5.74) is 0.292. The number of hydrogen-bond donors (Lipinski definition) is 1. The fourth-order valence-electron chi connectivity index (χ4n) is 3.13. The molecule has 0 saturated heterocycles. The van der Waals surface area contributed by atoms with Crippen molar-refractivity contribution in [1.82, 2.24) is 5.32 Å². The molecule has 0 heterocycles. The summed E-state index contributed by atoms with van der Waals surface area (Å²) >= 11 is 0. The molecule has 0 aliphatic heterocycles. The van der Waals surface area contributed by atoms with Gasteiger partial charge >= 0.3 is 0 Å². The molecule has 0 aromatic carbocycles. The first kappa shape index (κ1) is 18.0. The third kappa shape index (κ3) is 7.08. The van der Waals surface area contributed by atoms with Crippen molar-refractivity contribution in [1.29, 1.82) is 0 Å². The molecule has 0 radical (unpaired) electrons. The van der Waals surface area contributed by atoms with E-state index in [9.17, 15) is 0 Å². The molecule has 0 bridgehead atoms. The van der Waals surface area contributed by atoms with E-state index in [2.05, 4.69) is 39.9 Å². The summed E-state index contributed by atoms with van der Waals surface area (Å²) in [6.07, 6.45) is 12.1. The number of hydrogen-bond acceptors (Lipinski definition) is 2. The van der Waals surface area contributed by atoms with Crippen molar-refractivity contribution in [3.63, 3.8) is 0 Å². The van der Waals surface area contributed by atoms with E-state index >= 15 is 0 Å². The predicted octanol–water partition coefficient (Wildman–Crippen LogP) is 5.06. The van der Waals surface area contributed by atoms with Crippen LogP contribution in [0.2, 0.25) is 0 Å². The molecule has 1 rings (SSSR count). The van der Waals surface area contributed by atoms with E-state index in [1.165, 1.54) is 57.8 Å². The van der Waals surface area contributed by atoms with Crippen LogP contribution in [0.15, 0.2) is 0 Å². The zero-order chi connectivity index (χ0) is 15.1. The molecule has 1 aliphatic rings. The second-order valence-electron chi connectivity index (χ2n) is 7.77. The van der Waals surface area contributed by atoms with Gasteiger partial charge in [0, 0.05) is 12.1 Å². The van der Waals surface area contributed by atoms with Crippen molar-refractivity contribution in [2.24, 2.45) is 0 Å². The minimum absolute atomic E-state index is 0.109. The molecule has 120 valence electrons. The maximum Gasteiger partial charge on any atom is 0.0810 e. The Labute approximate surface area is 127 Å². The van der Waals surface area contributed by atoms with Crippen LogP contribution in [0.3, 0.4) is 0 Å². The molecule has 2 nitrogen and oxygen atoms in total. The Morgan fingerprint density at radius 3 is 2.30 bits per heavy atom. The van der Waals surface area contributed by atoms with Gasteiger partial charge in [-0.3, -0.25) is 0 Å². The van der Waals surface area contributed by atoms with Gasteiger partial charge in [0.1, 0.15) is 0 Å². The average molecular weight is 284 g/mol. The van der Waals surface area contributed by atoms with E-state index in [-0.39, 0.29) is 11.1 Å². The lowest BCUT2D eigenvalue weighted by Gasteiger charge is -2.36. The smallest absolute Gasteiger partial charge is 0.0810 e. The van der Waals surface area contributed by atoms with E-state index < -0.39 is 0 Å². The monoisotopic (exact) mass is 283 g/mol. The normalized spacial score (nSPS) is 20.2. The molecule has 1 saturated carbocycles. The van der Waals surface area contributed by atoms with Gasteiger partial charge in [-0.05, 0) is 47.0 Å². The van der Waals surface area contributed by atoms with Gasteiger partial charge < -0.3 is 10.1 Å². The minimum atomic E-state index is 0.109. The highest BCUT2D eigenvalue weighted by Crippen LogP contribution is 2.35. The van der Waals surface area contributed by atoms with Crippen molar-refractivity contribution >= 4 is 0 Å². The summed E-state index contributed by atoms with van der Waals surface area (Å²) in [6, 6.07) is 0. The molecule has 0 aromatic rings. The molecular formula is C18H37NO. The molecule has 1 unspecified atom stereocenters. The highest BCUT2D eigenvalue weighted by atomic mass is 16.5. The first-order valence-corrected chi connectivity index (χ1v) is 8.80. The van der Waals surface area contributed by atoms with Gasteiger partial charge in [-0.2, -0.15) is 0 Å². The molecule has 1 fully saturated rings. The van der Waals surface area contributed by atoms with Gasteiger partial charge in [0.2, 0.25) is 0 Å². The number of ether oxygens (including phenoxy) is 1. The Morgan fingerprint density at radius 1 is 1.10 bits per heavy atom. The maximum atomic E-state index is 6.51. The van der Waals surface area contributed by atoms with Crippen LogP contribution in [0.4, 0.5) is 0 Å². The standard InChI is InChI=1S/C18H37NO/c1-6-7-8-9-12-16(2)20-18(13-10-11-14-18)15-19-17(3,4)5/h16,19H,6-15H2,1-5H3. The van der Waals surface area contributed by atoms with Crippen LogP contribution < -0.4 is 5.32 Å². The van der Waals surface area contributed by atoms with Crippen molar-refractivity contribution in [2.45, 2.75) is 110 Å². The Balaban J connectivity index is 2.37. The van der Waals surface area contributed by atoms with Crippen LogP contribution in [-0.2, 0) is 4.74 Å². The van der Waals surface area contributed by atoms with E-state index in [4.69, 9.17) is 4.74 Å². The number of nitrogens with one attached hydrogen (secondary N) is 1. The van der Waals surface area contributed by atoms with Gasteiger partial charge in [0.25, 0.3) is 0 Å². The van der Waals surface area contributed by atoms with Crippen LogP contribution in [-0.4, -0.2) is 23.8 Å². The maximum absolute atomic E-state index is 6.51. The van der Waals surface area contributed by atoms with Gasteiger partial charge in [0.05, 0.1) is 11.7 Å². The highest BCUT2D eigenvalue weighted by Gasteiger charge is 2.36. The molecule has 0 amide bonds. The van der Waals surface area contributed by atoms with Crippen LogP contribution in [0.1, 0.15) is 92.4 Å². The van der Waals surface area contributed by atoms with E-state index in [0.717, 1.165) is 6.54 Å².